The highest BCUT2D eigenvalue weighted by Gasteiger charge is 2.51. The van der Waals surface area contributed by atoms with Crippen LogP contribution >= 0.6 is 11.6 Å². The van der Waals surface area contributed by atoms with Crippen molar-refractivity contribution in [2.75, 3.05) is 32.7 Å². The van der Waals surface area contributed by atoms with E-state index in [2.05, 4.69) is 71.1 Å². The number of amides is 3. The minimum absolute atomic E-state index is 0.226. The number of hydrogen-bond donors (Lipinski definition) is 1. The molecule has 3 fully saturated rings. The Balaban J connectivity index is 0.691. The molecule has 3 aromatic heterocycles. The van der Waals surface area contributed by atoms with Crippen molar-refractivity contribution in [3.63, 3.8) is 0 Å². The Morgan fingerprint density at radius 3 is 2.40 bits per heavy atom. The standard InChI is InChI=1S/C45H48ClN11O3/c1-29-51-52-44-45(16-17-45)50-40(30-6-10-34(46)11-7-30)36-24-31(9-13-37(36)57(29)44)33-25-47-55(26-33)19-5-3-2-4-18-53-20-22-54(23-21-53)28-35-12-8-32-27-56(43(60)41(32)48-35)38-14-15-39(58)49-42(38)59/h6-13,24-26,38H,2-5,14-23,27-28H2,1H3,(H,49,58,59). The van der Waals surface area contributed by atoms with Crippen LogP contribution in [0.1, 0.15) is 95.9 Å². The van der Waals surface area contributed by atoms with Crippen LogP contribution < -0.4 is 5.32 Å². The zero-order chi connectivity index (χ0) is 41.0. The van der Waals surface area contributed by atoms with Crippen molar-refractivity contribution < 1.29 is 14.4 Å². The van der Waals surface area contributed by atoms with Gasteiger partial charge in [0.2, 0.25) is 11.8 Å². The quantitative estimate of drug-likeness (QED) is 0.128. The number of piperazine rings is 1. The molecule has 308 valence electrons. The summed E-state index contributed by atoms with van der Waals surface area (Å²) in [7, 11) is 0. The lowest BCUT2D eigenvalue weighted by molar-refractivity contribution is -0.136. The minimum Gasteiger partial charge on any atom is -0.321 e. The molecule has 5 aliphatic rings. The number of carbonyl (C=O) groups is 3. The Morgan fingerprint density at radius 1 is 0.850 bits per heavy atom. The summed E-state index contributed by atoms with van der Waals surface area (Å²) in [6.07, 6.45) is 11.2. The summed E-state index contributed by atoms with van der Waals surface area (Å²) in [5.41, 5.74) is 8.03. The molecule has 4 aliphatic heterocycles. The molecule has 15 heteroatoms. The molecule has 10 rings (SSSR count). The highest BCUT2D eigenvalue weighted by atomic mass is 35.5. The number of aliphatic imine (C=N–C) groups is 1. The maximum Gasteiger partial charge on any atom is 0.273 e. The first kappa shape index (κ1) is 38.6. The van der Waals surface area contributed by atoms with Crippen molar-refractivity contribution in [3.05, 3.63) is 112 Å². The third kappa shape index (κ3) is 7.45. The average Bonchev–Trinajstić information content (AvgIpc) is 3.54. The number of rotatable bonds is 12. The first-order chi connectivity index (χ1) is 29.2. The molecule has 14 nitrogen and oxygen atoms in total. The number of piperidine rings is 1. The van der Waals surface area contributed by atoms with E-state index in [-0.39, 0.29) is 23.8 Å². The van der Waals surface area contributed by atoms with E-state index in [4.69, 9.17) is 26.7 Å². The van der Waals surface area contributed by atoms with Gasteiger partial charge in [-0.1, -0.05) is 48.7 Å². The summed E-state index contributed by atoms with van der Waals surface area (Å²) < 4.78 is 4.25. The summed E-state index contributed by atoms with van der Waals surface area (Å²) in [5.74, 6) is 0.863. The van der Waals surface area contributed by atoms with Crippen LogP contribution in [0.25, 0.3) is 16.8 Å². The van der Waals surface area contributed by atoms with Gasteiger partial charge in [0.25, 0.3) is 5.91 Å². The Bertz CT molecular complexity index is 2510. The van der Waals surface area contributed by atoms with Crippen molar-refractivity contribution in [3.8, 4) is 16.8 Å². The van der Waals surface area contributed by atoms with Crippen LogP contribution in [0.3, 0.4) is 0 Å². The van der Waals surface area contributed by atoms with E-state index < -0.39 is 11.9 Å². The molecule has 1 aliphatic carbocycles. The van der Waals surface area contributed by atoms with Gasteiger partial charge in [-0.3, -0.25) is 38.8 Å². The van der Waals surface area contributed by atoms with Crippen molar-refractivity contribution in [1.29, 1.82) is 0 Å². The minimum atomic E-state index is -0.624. The van der Waals surface area contributed by atoms with Crippen LogP contribution in [0.4, 0.5) is 0 Å². The second-order valence-electron chi connectivity index (χ2n) is 16.9. The SMILES string of the molecule is Cc1nnc2n1-c1ccc(-c3cnn(CCCCCCN4CCN(Cc5ccc6c(n5)C(=O)N(C5CCC(=O)NC5=O)C6)CC4)c3)cc1C(c1ccc(Cl)cc1)=NC21CC1. The van der Waals surface area contributed by atoms with E-state index in [1.54, 1.807) is 4.90 Å². The second-order valence-corrected chi connectivity index (χ2v) is 17.3. The van der Waals surface area contributed by atoms with E-state index in [1.165, 1.54) is 12.8 Å². The summed E-state index contributed by atoms with van der Waals surface area (Å²) in [4.78, 5) is 53.8. The third-order valence-electron chi connectivity index (χ3n) is 12.8. The highest BCUT2D eigenvalue weighted by molar-refractivity contribution is 6.30. The molecular formula is C45H48ClN11O3. The number of unbranched alkanes of at least 4 members (excludes halogenated alkanes) is 3. The number of carbonyl (C=O) groups excluding carboxylic acids is 3. The van der Waals surface area contributed by atoms with Crippen LogP contribution in [0, 0.1) is 6.92 Å². The number of hydrogen-bond acceptors (Lipinski definition) is 10. The first-order valence-electron chi connectivity index (χ1n) is 21.3. The number of pyridine rings is 1. The lowest BCUT2D eigenvalue weighted by atomic mass is 9.96. The van der Waals surface area contributed by atoms with Gasteiger partial charge in [0.1, 0.15) is 23.1 Å². The maximum absolute atomic E-state index is 13.2. The second kappa shape index (κ2) is 15.8. The van der Waals surface area contributed by atoms with Crippen LogP contribution in [0.2, 0.25) is 5.02 Å². The van der Waals surface area contributed by atoms with Gasteiger partial charge in [-0.05, 0) is 81.5 Å². The van der Waals surface area contributed by atoms with Crippen molar-refractivity contribution in [2.24, 2.45) is 4.99 Å². The molecule has 1 saturated carbocycles. The molecule has 5 aromatic rings. The fourth-order valence-corrected chi connectivity index (χ4v) is 9.33. The van der Waals surface area contributed by atoms with Crippen LogP contribution in [0.5, 0.6) is 0 Å². The van der Waals surface area contributed by atoms with Gasteiger partial charge in [0.15, 0.2) is 5.82 Å². The molecule has 2 saturated heterocycles. The molecule has 1 unspecified atom stereocenters. The number of nitrogens with one attached hydrogen (secondary N) is 1. The molecule has 3 amide bonds. The number of nitrogens with zero attached hydrogens (tertiary/aromatic N) is 10. The molecule has 1 N–H and O–H groups in total. The monoisotopic (exact) mass is 825 g/mol. The molecule has 1 spiro atoms. The van der Waals surface area contributed by atoms with E-state index in [9.17, 15) is 14.4 Å². The van der Waals surface area contributed by atoms with E-state index in [1.807, 2.05) is 37.4 Å². The summed E-state index contributed by atoms with van der Waals surface area (Å²) >= 11 is 6.29. The van der Waals surface area contributed by atoms with Crippen LogP contribution in [0.15, 0.2) is 72.0 Å². The summed E-state index contributed by atoms with van der Waals surface area (Å²) in [6, 6.07) is 17.9. The number of aromatic nitrogens is 6. The Kier molecular flexibility index (Phi) is 10.2. The van der Waals surface area contributed by atoms with Crippen molar-refractivity contribution in [1.82, 2.24) is 49.5 Å². The number of halogens is 1. The largest absolute Gasteiger partial charge is 0.321 e. The average molecular weight is 826 g/mol. The number of aryl methyl sites for hydroxylation is 2. The van der Waals surface area contributed by atoms with Gasteiger partial charge in [0.05, 0.1) is 23.3 Å². The zero-order valence-electron chi connectivity index (χ0n) is 33.8. The molecule has 0 radical (unpaired) electrons. The molecule has 60 heavy (non-hydrogen) atoms. The van der Waals surface area contributed by atoms with E-state index in [0.29, 0.717) is 30.2 Å². The Labute approximate surface area is 353 Å². The van der Waals surface area contributed by atoms with E-state index in [0.717, 1.165) is 122 Å². The Hall–Kier alpha value is -5.57. The highest BCUT2D eigenvalue weighted by Crippen LogP contribution is 2.52. The molecule has 1 atom stereocenters. The van der Waals surface area contributed by atoms with Gasteiger partial charge in [-0.15, -0.1) is 10.2 Å². The van der Waals surface area contributed by atoms with Crippen molar-refractivity contribution >= 4 is 35.0 Å². The summed E-state index contributed by atoms with van der Waals surface area (Å²) in [6.45, 7) is 8.97. The van der Waals surface area contributed by atoms with Gasteiger partial charge in [-0.2, -0.15) is 5.10 Å². The lowest BCUT2D eigenvalue weighted by Gasteiger charge is -2.34. The molecule has 2 aromatic carbocycles. The van der Waals surface area contributed by atoms with Crippen LogP contribution in [-0.4, -0.2) is 106 Å². The number of fused-ring (bicyclic) bond motifs is 5. The smallest absolute Gasteiger partial charge is 0.273 e. The summed E-state index contributed by atoms with van der Waals surface area (Å²) in [5, 5.41) is 16.9. The lowest BCUT2D eigenvalue weighted by Crippen LogP contribution is -2.52. The fourth-order valence-electron chi connectivity index (χ4n) is 9.21. The topological polar surface area (TPSA) is 147 Å². The molecule has 0 bridgehead atoms. The molecule has 7 heterocycles. The molecular weight excluding hydrogens is 778 g/mol. The normalized spacial score (nSPS) is 19.8. The number of benzene rings is 2. The Morgan fingerprint density at radius 2 is 1.62 bits per heavy atom. The van der Waals surface area contributed by atoms with E-state index >= 15 is 0 Å². The van der Waals surface area contributed by atoms with Crippen LogP contribution in [-0.2, 0) is 34.8 Å². The fraction of sp³-hybridized carbons (Fsp3) is 0.422. The van der Waals surface area contributed by atoms with Crippen molar-refractivity contribution in [2.45, 2.75) is 89.5 Å². The van der Waals surface area contributed by atoms with Gasteiger partial charge in [-0.25, -0.2) is 4.98 Å². The predicted molar refractivity (Wildman–Crippen MR) is 226 cm³/mol. The predicted octanol–water partition coefficient (Wildman–Crippen LogP) is 5.47. The maximum atomic E-state index is 13.2. The van der Waals surface area contributed by atoms with Gasteiger partial charge < -0.3 is 9.80 Å². The first-order valence-corrected chi connectivity index (χ1v) is 21.6. The number of imide groups is 1. The van der Waals surface area contributed by atoms with Gasteiger partial charge in [0, 0.05) is 85.7 Å². The zero-order valence-corrected chi connectivity index (χ0v) is 34.6. The van der Waals surface area contributed by atoms with Gasteiger partial charge >= 0.3 is 0 Å². The third-order valence-corrected chi connectivity index (χ3v) is 13.0.